The third-order valence-electron chi connectivity index (χ3n) is 3.78. The molecule has 1 amide bonds. The summed E-state index contributed by atoms with van der Waals surface area (Å²) in [6, 6.07) is 0. The summed E-state index contributed by atoms with van der Waals surface area (Å²) in [5.74, 6) is 0.906. The molecule has 0 aromatic heterocycles. The van der Waals surface area contributed by atoms with Gasteiger partial charge in [-0.2, -0.15) is 0 Å². The van der Waals surface area contributed by atoms with Gasteiger partial charge in [0.15, 0.2) is 0 Å². The normalized spacial score (nSPS) is 25.0. The summed E-state index contributed by atoms with van der Waals surface area (Å²) in [6.07, 6.45) is 6.77. The molecular weight excluding hydrogens is 176 g/mol. The zero-order valence-electron chi connectivity index (χ0n) is 8.96. The zero-order chi connectivity index (χ0) is 10.2. The van der Waals surface area contributed by atoms with Crippen LogP contribution in [0, 0.1) is 5.92 Å². The van der Waals surface area contributed by atoms with Crippen molar-refractivity contribution in [3.8, 4) is 0 Å². The highest BCUT2D eigenvalue weighted by Crippen LogP contribution is 2.32. The van der Waals surface area contributed by atoms with Crippen molar-refractivity contribution < 1.29 is 4.79 Å². The van der Waals surface area contributed by atoms with Crippen molar-refractivity contribution in [1.29, 1.82) is 0 Å². The molecule has 80 valence electrons. The Kier molecular flexibility index (Phi) is 2.52. The van der Waals surface area contributed by atoms with Gasteiger partial charge in [0.05, 0.1) is 5.54 Å². The standard InChI is InChI=1S/C11H20N2O/c1-13(8-9-4-2-5-9)10(14)11(12)6-3-7-11/h9H,2-8,12H2,1H3. The van der Waals surface area contributed by atoms with E-state index in [1.165, 1.54) is 19.3 Å². The maximum Gasteiger partial charge on any atom is 0.242 e. The van der Waals surface area contributed by atoms with Gasteiger partial charge in [-0.25, -0.2) is 0 Å². The third kappa shape index (κ3) is 1.65. The number of amides is 1. The lowest BCUT2D eigenvalue weighted by molar-refractivity contribution is -0.139. The van der Waals surface area contributed by atoms with E-state index in [2.05, 4.69) is 0 Å². The van der Waals surface area contributed by atoms with Gasteiger partial charge < -0.3 is 10.6 Å². The molecule has 0 bridgehead atoms. The van der Waals surface area contributed by atoms with E-state index in [1.54, 1.807) is 0 Å². The molecule has 0 atom stereocenters. The van der Waals surface area contributed by atoms with E-state index in [9.17, 15) is 4.79 Å². The molecule has 14 heavy (non-hydrogen) atoms. The van der Waals surface area contributed by atoms with Crippen molar-refractivity contribution >= 4 is 5.91 Å². The Morgan fingerprint density at radius 3 is 2.43 bits per heavy atom. The molecule has 2 saturated carbocycles. The van der Waals surface area contributed by atoms with Crippen molar-refractivity contribution in [3.63, 3.8) is 0 Å². The van der Waals surface area contributed by atoms with Crippen molar-refractivity contribution in [1.82, 2.24) is 4.90 Å². The fraction of sp³-hybridized carbons (Fsp3) is 0.909. The van der Waals surface area contributed by atoms with Crippen LogP contribution in [0.5, 0.6) is 0 Å². The van der Waals surface area contributed by atoms with Crippen molar-refractivity contribution in [2.45, 2.75) is 44.1 Å². The Labute approximate surface area is 85.6 Å². The van der Waals surface area contributed by atoms with Gasteiger partial charge in [0, 0.05) is 13.6 Å². The number of nitrogens with zero attached hydrogens (tertiary/aromatic N) is 1. The Morgan fingerprint density at radius 2 is 2.07 bits per heavy atom. The number of hydrogen-bond acceptors (Lipinski definition) is 2. The summed E-state index contributed by atoms with van der Waals surface area (Å²) in [7, 11) is 1.90. The average molecular weight is 196 g/mol. The summed E-state index contributed by atoms with van der Waals surface area (Å²) >= 11 is 0. The smallest absolute Gasteiger partial charge is 0.242 e. The lowest BCUT2D eigenvalue weighted by Crippen LogP contribution is -2.59. The van der Waals surface area contributed by atoms with E-state index < -0.39 is 5.54 Å². The quantitative estimate of drug-likeness (QED) is 0.735. The maximum absolute atomic E-state index is 11.9. The minimum absolute atomic E-state index is 0.163. The predicted octanol–water partition coefficient (Wildman–Crippen LogP) is 1.13. The predicted molar refractivity (Wildman–Crippen MR) is 55.7 cm³/mol. The average Bonchev–Trinajstić information content (AvgIpc) is 2.05. The number of carbonyl (C=O) groups is 1. The van der Waals surface area contributed by atoms with Crippen LogP contribution in [0.15, 0.2) is 0 Å². The van der Waals surface area contributed by atoms with Crippen LogP contribution in [0.1, 0.15) is 38.5 Å². The highest BCUT2D eigenvalue weighted by molar-refractivity contribution is 5.86. The van der Waals surface area contributed by atoms with Gasteiger partial charge in [-0.3, -0.25) is 4.79 Å². The molecule has 2 fully saturated rings. The Balaban J connectivity index is 1.83. The molecule has 0 aliphatic heterocycles. The van der Waals surface area contributed by atoms with Gasteiger partial charge in [-0.05, 0) is 38.0 Å². The number of rotatable bonds is 3. The van der Waals surface area contributed by atoms with Crippen LogP contribution in [0.2, 0.25) is 0 Å². The first kappa shape index (κ1) is 9.97. The molecule has 2 aliphatic carbocycles. The molecule has 0 heterocycles. The fourth-order valence-electron chi connectivity index (χ4n) is 2.30. The molecule has 2 aliphatic rings. The fourth-order valence-corrected chi connectivity index (χ4v) is 2.30. The monoisotopic (exact) mass is 196 g/mol. The van der Waals surface area contributed by atoms with E-state index in [1.807, 2.05) is 11.9 Å². The second kappa shape index (κ2) is 3.54. The summed E-state index contributed by atoms with van der Waals surface area (Å²) in [5, 5.41) is 0. The summed E-state index contributed by atoms with van der Waals surface area (Å²) in [4.78, 5) is 13.8. The topological polar surface area (TPSA) is 46.3 Å². The first-order valence-corrected chi connectivity index (χ1v) is 5.66. The third-order valence-corrected chi connectivity index (χ3v) is 3.78. The SMILES string of the molecule is CN(CC1CCC1)C(=O)C1(N)CCC1. The van der Waals surface area contributed by atoms with Crippen molar-refractivity contribution in [3.05, 3.63) is 0 Å². The Bertz CT molecular complexity index is 231. The van der Waals surface area contributed by atoms with E-state index in [0.29, 0.717) is 0 Å². The maximum atomic E-state index is 11.9. The van der Waals surface area contributed by atoms with Crippen LogP contribution in [0.4, 0.5) is 0 Å². The lowest BCUT2D eigenvalue weighted by Gasteiger charge is -2.41. The molecule has 2 N–H and O–H groups in total. The molecule has 2 rings (SSSR count). The van der Waals surface area contributed by atoms with Crippen LogP contribution < -0.4 is 5.73 Å². The lowest BCUT2D eigenvalue weighted by atomic mass is 9.76. The molecule has 0 radical (unpaired) electrons. The first-order valence-electron chi connectivity index (χ1n) is 5.66. The van der Waals surface area contributed by atoms with E-state index >= 15 is 0 Å². The van der Waals surface area contributed by atoms with Crippen LogP contribution in [-0.2, 0) is 4.79 Å². The molecule has 0 aromatic carbocycles. The zero-order valence-corrected chi connectivity index (χ0v) is 8.96. The number of likely N-dealkylation sites (N-methyl/N-ethyl adjacent to an activating group) is 1. The largest absolute Gasteiger partial charge is 0.344 e. The first-order chi connectivity index (χ1) is 6.62. The van der Waals surface area contributed by atoms with Gasteiger partial charge in [-0.1, -0.05) is 6.42 Å². The van der Waals surface area contributed by atoms with Crippen LogP contribution in [-0.4, -0.2) is 29.9 Å². The summed E-state index contributed by atoms with van der Waals surface area (Å²) < 4.78 is 0. The van der Waals surface area contributed by atoms with Gasteiger partial charge in [0.1, 0.15) is 0 Å². The Morgan fingerprint density at radius 1 is 1.43 bits per heavy atom. The molecular formula is C11H20N2O. The number of carbonyl (C=O) groups excluding carboxylic acids is 1. The van der Waals surface area contributed by atoms with E-state index in [0.717, 1.165) is 31.7 Å². The van der Waals surface area contributed by atoms with E-state index in [-0.39, 0.29) is 5.91 Å². The number of nitrogens with two attached hydrogens (primary N) is 1. The molecule has 3 nitrogen and oxygen atoms in total. The van der Waals surface area contributed by atoms with E-state index in [4.69, 9.17) is 5.73 Å². The van der Waals surface area contributed by atoms with Gasteiger partial charge >= 0.3 is 0 Å². The van der Waals surface area contributed by atoms with Gasteiger partial charge in [0.2, 0.25) is 5.91 Å². The summed E-state index contributed by atoms with van der Waals surface area (Å²) in [6.45, 7) is 0.914. The minimum atomic E-state index is -0.501. The van der Waals surface area contributed by atoms with Crippen LogP contribution >= 0.6 is 0 Å². The number of hydrogen-bond donors (Lipinski definition) is 1. The molecule has 0 aromatic rings. The highest BCUT2D eigenvalue weighted by atomic mass is 16.2. The second-order valence-corrected chi connectivity index (χ2v) is 4.99. The van der Waals surface area contributed by atoms with Crippen LogP contribution in [0.3, 0.4) is 0 Å². The second-order valence-electron chi connectivity index (χ2n) is 4.99. The highest BCUT2D eigenvalue weighted by Gasteiger charge is 2.42. The Hall–Kier alpha value is -0.570. The van der Waals surface area contributed by atoms with Crippen molar-refractivity contribution in [2.24, 2.45) is 11.7 Å². The van der Waals surface area contributed by atoms with Crippen LogP contribution in [0.25, 0.3) is 0 Å². The van der Waals surface area contributed by atoms with Gasteiger partial charge in [0.25, 0.3) is 0 Å². The molecule has 0 unspecified atom stereocenters. The molecule has 3 heteroatoms. The molecule has 0 spiro atoms. The van der Waals surface area contributed by atoms with Crippen molar-refractivity contribution in [2.75, 3.05) is 13.6 Å². The summed E-state index contributed by atoms with van der Waals surface area (Å²) in [5.41, 5.74) is 5.49. The van der Waals surface area contributed by atoms with Gasteiger partial charge in [-0.15, -0.1) is 0 Å². The minimum Gasteiger partial charge on any atom is -0.344 e. The molecule has 0 saturated heterocycles.